The van der Waals surface area contributed by atoms with Gasteiger partial charge >= 0.3 is 0 Å². The van der Waals surface area contributed by atoms with E-state index in [0.29, 0.717) is 23.2 Å². The second-order valence-corrected chi connectivity index (χ2v) is 6.05. The fraction of sp³-hybridized carbons (Fsp3) is 0.688. The number of hydrogen-bond donors (Lipinski definition) is 0. The minimum atomic E-state index is 0. The van der Waals surface area contributed by atoms with Crippen molar-refractivity contribution in [3.63, 3.8) is 0 Å². The van der Waals surface area contributed by atoms with E-state index in [1.165, 1.54) is 31.3 Å². The molecule has 2 rings (SSSR count). The van der Waals surface area contributed by atoms with Gasteiger partial charge in [0, 0.05) is 32.7 Å². The molecule has 0 heterocycles. The minimum absolute atomic E-state index is 0. The molecule has 2 heteroatoms. The van der Waals surface area contributed by atoms with Gasteiger partial charge < -0.3 is 6.58 Å². The Hall–Kier alpha value is 0.254. The second-order valence-electron chi connectivity index (χ2n) is 6.05. The van der Waals surface area contributed by atoms with Crippen molar-refractivity contribution in [1.82, 2.24) is 0 Å². The average molecular weight is 320 g/mol. The topological polar surface area (TPSA) is 17.1 Å². The van der Waals surface area contributed by atoms with Crippen molar-refractivity contribution in [1.29, 1.82) is 0 Å². The van der Waals surface area contributed by atoms with Crippen LogP contribution in [0.15, 0.2) is 17.7 Å². The Morgan fingerprint density at radius 2 is 2.17 bits per heavy atom. The molecule has 0 aromatic rings. The predicted octanol–water partition coefficient (Wildman–Crippen LogP) is 3.95. The van der Waals surface area contributed by atoms with Crippen LogP contribution < -0.4 is 0 Å². The van der Waals surface area contributed by atoms with Gasteiger partial charge in [0.25, 0.3) is 0 Å². The molecule has 1 radical (unpaired) electrons. The first-order chi connectivity index (χ1) is 8.09. The SMILES string of the molecule is [CH-]=C1CCC[C@]2(C)[C@@H]([C@H](C)/C=C/C=O)CC[C@@H]12.[Y]. The Bertz CT molecular complexity index is 347. The van der Waals surface area contributed by atoms with E-state index in [1.54, 1.807) is 6.08 Å². The maximum Gasteiger partial charge on any atom is 0.142 e. The number of carbonyl (C=O) groups is 1. The molecule has 0 aromatic carbocycles. The third kappa shape index (κ3) is 2.88. The van der Waals surface area contributed by atoms with Gasteiger partial charge in [0.2, 0.25) is 0 Å². The van der Waals surface area contributed by atoms with Crippen molar-refractivity contribution < 1.29 is 37.5 Å². The molecule has 2 aliphatic rings. The van der Waals surface area contributed by atoms with Crippen LogP contribution in [0.1, 0.15) is 46.0 Å². The summed E-state index contributed by atoms with van der Waals surface area (Å²) < 4.78 is 0. The first-order valence-electron chi connectivity index (χ1n) is 6.82. The molecular formula is C16H23OY-. The van der Waals surface area contributed by atoms with E-state index in [1.807, 2.05) is 0 Å². The minimum Gasteiger partial charge on any atom is -0.514 e. The molecule has 0 spiro atoms. The summed E-state index contributed by atoms with van der Waals surface area (Å²) in [7, 11) is 0. The van der Waals surface area contributed by atoms with Gasteiger partial charge in [0.05, 0.1) is 0 Å². The van der Waals surface area contributed by atoms with Crippen LogP contribution in [-0.4, -0.2) is 6.29 Å². The van der Waals surface area contributed by atoms with Gasteiger partial charge in [-0.05, 0) is 48.5 Å². The number of hydrogen-bond acceptors (Lipinski definition) is 1. The Kier molecular flexibility index (Phi) is 5.99. The van der Waals surface area contributed by atoms with E-state index in [-0.39, 0.29) is 32.7 Å². The van der Waals surface area contributed by atoms with Gasteiger partial charge in [-0.2, -0.15) is 0 Å². The third-order valence-electron chi connectivity index (χ3n) is 5.17. The summed E-state index contributed by atoms with van der Waals surface area (Å²) in [5, 5.41) is 0. The van der Waals surface area contributed by atoms with Gasteiger partial charge in [-0.3, -0.25) is 10.4 Å². The van der Waals surface area contributed by atoms with Crippen molar-refractivity contribution in [2.24, 2.45) is 23.2 Å². The van der Waals surface area contributed by atoms with Crippen molar-refractivity contribution in [2.45, 2.75) is 46.0 Å². The number of allylic oxidation sites excluding steroid dienone is 3. The molecular weight excluding hydrogens is 297 g/mol. The first-order valence-corrected chi connectivity index (χ1v) is 6.82. The predicted molar refractivity (Wildman–Crippen MR) is 70.4 cm³/mol. The summed E-state index contributed by atoms with van der Waals surface area (Å²) in [6.07, 6.45) is 10.7. The van der Waals surface area contributed by atoms with E-state index in [9.17, 15) is 4.79 Å². The normalized spacial score (nSPS) is 37.1. The van der Waals surface area contributed by atoms with Crippen LogP contribution in [0, 0.1) is 29.7 Å². The van der Waals surface area contributed by atoms with Crippen molar-refractivity contribution in [3.05, 3.63) is 24.3 Å². The van der Waals surface area contributed by atoms with Crippen molar-refractivity contribution in [3.8, 4) is 0 Å². The Morgan fingerprint density at radius 3 is 2.83 bits per heavy atom. The van der Waals surface area contributed by atoms with Crippen LogP contribution in [-0.2, 0) is 37.5 Å². The average Bonchev–Trinajstić information content (AvgIpc) is 2.64. The Morgan fingerprint density at radius 1 is 1.44 bits per heavy atom. The first kappa shape index (κ1) is 16.3. The van der Waals surface area contributed by atoms with E-state index < -0.39 is 0 Å². The van der Waals surface area contributed by atoms with Gasteiger partial charge in [0.15, 0.2) is 0 Å². The van der Waals surface area contributed by atoms with Gasteiger partial charge in [-0.25, -0.2) is 0 Å². The van der Waals surface area contributed by atoms with Gasteiger partial charge in [0.1, 0.15) is 6.29 Å². The fourth-order valence-electron chi connectivity index (χ4n) is 4.30. The summed E-state index contributed by atoms with van der Waals surface area (Å²) in [5.74, 6) is 1.79. The van der Waals surface area contributed by atoms with Gasteiger partial charge in [-0.1, -0.05) is 32.8 Å². The fourth-order valence-corrected chi connectivity index (χ4v) is 4.30. The second kappa shape index (κ2) is 6.61. The van der Waals surface area contributed by atoms with E-state index in [4.69, 9.17) is 6.58 Å². The van der Waals surface area contributed by atoms with Crippen LogP contribution >= 0.6 is 0 Å². The summed E-state index contributed by atoms with van der Waals surface area (Å²) in [6.45, 7) is 10.9. The van der Waals surface area contributed by atoms with E-state index in [2.05, 4.69) is 19.9 Å². The quantitative estimate of drug-likeness (QED) is 0.437. The van der Waals surface area contributed by atoms with Crippen LogP contribution in [0.4, 0.5) is 0 Å². The molecule has 0 bridgehead atoms. The molecule has 4 atom stereocenters. The van der Waals surface area contributed by atoms with Crippen LogP contribution in [0.25, 0.3) is 0 Å². The van der Waals surface area contributed by atoms with E-state index >= 15 is 0 Å². The third-order valence-corrected chi connectivity index (χ3v) is 5.17. The zero-order valence-electron chi connectivity index (χ0n) is 11.6. The maximum absolute atomic E-state index is 10.4. The zero-order chi connectivity index (χ0) is 12.5. The summed E-state index contributed by atoms with van der Waals surface area (Å²) in [4.78, 5) is 10.4. The van der Waals surface area contributed by atoms with Crippen molar-refractivity contribution in [2.75, 3.05) is 0 Å². The summed E-state index contributed by atoms with van der Waals surface area (Å²) in [5.41, 5.74) is 1.60. The molecule has 2 saturated carbocycles. The number of aldehydes is 1. The van der Waals surface area contributed by atoms with Gasteiger partial charge in [-0.15, -0.1) is 0 Å². The molecule has 18 heavy (non-hydrogen) atoms. The molecule has 2 aliphatic carbocycles. The molecule has 0 amide bonds. The largest absolute Gasteiger partial charge is 0.514 e. The molecule has 97 valence electrons. The van der Waals surface area contributed by atoms with E-state index in [0.717, 1.165) is 12.7 Å². The standard InChI is InChI=1S/C16H23O.Y/c1-12-6-4-10-16(3)14(12)8-9-15(16)13(2)7-5-11-17;/h1,5,7,11,13-15H,4,6,8-10H2,2-3H3;/q-1;/b7-5+;/t13-,14+,15-,16+;/m1./s1. The molecule has 0 saturated heterocycles. The smallest absolute Gasteiger partial charge is 0.142 e. The Balaban J connectivity index is 0.00000162. The monoisotopic (exact) mass is 320 g/mol. The zero-order valence-corrected chi connectivity index (χ0v) is 14.4. The molecule has 2 fully saturated rings. The summed E-state index contributed by atoms with van der Waals surface area (Å²) in [6, 6.07) is 0. The van der Waals surface area contributed by atoms with Crippen LogP contribution in [0.5, 0.6) is 0 Å². The number of rotatable bonds is 3. The number of carbonyl (C=O) groups excluding carboxylic acids is 1. The summed E-state index contributed by atoms with van der Waals surface area (Å²) >= 11 is 0. The number of fused-ring (bicyclic) bond motifs is 1. The molecule has 0 aromatic heterocycles. The molecule has 0 N–H and O–H groups in total. The van der Waals surface area contributed by atoms with Crippen molar-refractivity contribution >= 4 is 6.29 Å². The molecule has 0 unspecified atom stereocenters. The van der Waals surface area contributed by atoms with Crippen LogP contribution in [0.3, 0.4) is 0 Å². The van der Waals surface area contributed by atoms with Crippen LogP contribution in [0.2, 0.25) is 0 Å². The Labute approximate surface area is 136 Å². The molecule has 0 aliphatic heterocycles. The maximum atomic E-state index is 10.4. The molecule has 1 nitrogen and oxygen atoms in total.